The smallest absolute Gasteiger partial charge is 0.0726 e. The van der Waals surface area contributed by atoms with E-state index < -0.39 is 5.41 Å². The van der Waals surface area contributed by atoms with Gasteiger partial charge in [-0.2, -0.15) is 0 Å². The maximum Gasteiger partial charge on any atom is 0.0726 e. The minimum Gasteiger partial charge on any atom is -0.310 e. The Bertz CT molecular complexity index is 4090. The fraction of sp³-hybridized carbons (Fsp3) is 0.0149. The number of benzene rings is 11. The highest BCUT2D eigenvalue weighted by Crippen LogP contribution is 2.64. The average molecular weight is 907 g/mol. The second-order valence-corrected chi connectivity index (χ2v) is 19.7. The van der Waals surface area contributed by atoms with E-state index in [4.69, 9.17) is 0 Å². The fourth-order valence-corrected chi connectivity index (χ4v) is 13.7. The van der Waals surface area contributed by atoms with Crippen molar-refractivity contribution in [1.29, 1.82) is 0 Å². The first-order chi connectivity index (χ1) is 34.8. The van der Waals surface area contributed by atoms with Crippen LogP contribution in [0.2, 0.25) is 0 Å². The van der Waals surface area contributed by atoms with Crippen molar-refractivity contribution in [3.63, 3.8) is 0 Å². The summed E-state index contributed by atoms with van der Waals surface area (Å²) in [6.07, 6.45) is 0. The molecule has 0 bridgehead atoms. The molecule has 11 aromatic carbocycles. The summed E-state index contributed by atoms with van der Waals surface area (Å²) in [5, 5.41) is 2.65. The Balaban J connectivity index is 1.01. The van der Waals surface area contributed by atoms with Gasteiger partial charge in [-0.05, 0) is 128 Å². The van der Waals surface area contributed by atoms with E-state index in [0.717, 1.165) is 34.1 Å². The van der Waals surface area contributed by atoms with E-state index in [2.05, 4.69) is 265 Å². The number of fused-ring (bicyclic) bond motifs is 21. The Morgan fingerprint density at radius 1 is 0.314 bits per heavy atom. The molecule has 2 nitrogen and oxygen atoms in total. The molecule has 2 heterocycles. The Labute approximate surface area is 411 Å². The summed E-state index contributed by atoms with van der Waals surface area (Å²) >= 11 is 1.93. The number of nitrogens with zero attached hydrogens (tertiary/aromatic N) is 2. The van der Waals surface area contributed by atoms with Crippen LogP contribution < -0.4 is 9.80 Å². The molecule has 0 saturated carbocycles. The van der Waals surface area contributed by atoms with Gasteiger partial charge in [-0.1, -0.05) is 188 Å². The van der Waals surface area contributed by atoms with Crippen LogP contribution in [-0.2, 0) is 5.41 Å². The lowest BCUT2D eigenvalue weighted by Crippen LogP contribution is -2.29. The zero-order valence-electron chi connectivity index (χ0n) is 38.1. The molecule has 326 valence electrons. The zero-order chi connectivity index (χ0) is 45.9. The third-order valence-corrected chi connectivity index (χ3v) is 16.4. The fourth-order valence-electron chi connectivity index (χ4n) is 12.4. The Morgan fingerprint density at radius 2 is 0.814 bits per heavy atom. The molecule has 0 saturated heterocycles. The number of para-hydroxylation sites is 3. The molecule has 0 fully saturated rings. The molecule has 1 atom stereocenters. The van der Waals surface area contributed by atoms with E-state index in [0.29, 0.717) is 0 Å². The number of hydrogen-bond donors (Lipinski definition) is 0. The minimum atomic E-state index is -0.596. The van der Waals surface area contributed by atoms with E-state index in [1.165, 1.54) is 98.1 Å². The number of hydrogen-bond acceptors (Lipinski definition) is 3. The largest absolute Gasteiger partial charge is 0.310 e. The third-order valence-electron chi connectivity index (χ3n) is 15.2. The van der Waals surface area contributed by atoms with Crippen LogP contribution in [0.1, 0.15) is 22.3 Å². The molecule has 3 heteroatoms. The SMILES string of the molecule is c1ccc(N(c2ccc3c(c2)-c2ccccc2-c2ccccc2N3c2ccccc2)c2ccc3c(c2)-c2ccccc2-c2ccccc2C32c3ccccc3-c3c2ccc2c3sc3ccccc32)cc1. The van der Waals surface area contributed by atoms with Crippen molar-refractivity contribution < 1.29 is 0 Å². The van der Waals surface area contributed by atoms with Crippen LogP contribution in [0.3, 0.4) is 0 Å². The first-order valence-corrected chi connectivity index (χ1v) is 25.0. The van der Waals surface area contributed by atoms with Gasteiger partial charge in [0, 0.05) is 59.6 Å². The molecule has 15 rings (SSSR count). The lowest BCUT2D eigenvalue weighted by Gasteiger charge is -2.36. The summed E-state index contributed by atoms with van der Waals surface area (Å²) in [4.78, 5) is 4.89. The molecule has 1 spiro atoms. The lowest BCUT2D eigenvalue weighted by molar-refractivity contribution is 0.776. The van der Waals surface area contributed by atoms with Crippen LogP contribution in [-0.4, -0.2) is 0 Å². The lowest BCUT2D eigenvalue weighted by atomic mass is 9.66. The predicted octanol–water partition coefficient (Wildman–Crippen LogP) is 18.7. The van der Waals surface area contributed by atoms with E-state index in [-0.39, 0.29) is 0 Å². The Morgan fingerprint density at radius 3 is 1.57 bits per heavy atom. The van der Waals surface area contributed by atoms with Gasteiger partial charge < -0.3 is 9.80 Å². The van der Waals surface area contributed by atoms with Gasteiger partial charge in [0.25, 0.3) is 0 Å². The highest BCUT2D eigenvalue weighted by molar-refractivity contribution is 7.26. The molecule has 1 unspecified atom stereocenters. The summed E-state index contributed by atoms with van der Waals surface area (Å²) in [7, 11) is 0. The molecule has 2 aliphatic carbocycles. The van der Waals surface area contributed by atoms with Crippen molar-refractivity contribution in [2.75, 3.05) is 9.80 Å². The standard InChI is InChI=1S/C67H42N2S/c1-3-19-43(20-4-1)68(46-36-40-63-57(42-46)50-26-10-8-24-48(50)52-28-13-17-33-62(52)69(63)44-21-5-2-6-22-44)45-35-38-60-56(41-45)49-25-9-7-23-47(49)51-27-11-15-31-58(51)67(60)59-32-16-12-30-55(59)65-61(67)39-37-54-53-29-14-18-34-64(53)70-66(54)65/h1-42H. The highest BCUT2D eigenvalue weighted by atomic mass is 32.1. The van der Waals surface area contributed by atoms with Crippen molar-refractivity contribution in [3.05, 3.63) is 277 Å². The molecular weight excluding hydrogens is 865 g/mol. The van der Waals surface area contributed by atoms with Gasteiger partial charge in [0.1, 0.15) is 0 Å². The first kappa shape index (κ1) is 39.3. The van der Waals surface area contributed by atoms with Gasteiger partial charge in [-0.3, -0.25) is 0 Å². The van der Waals surface area contributed by atoms with Gasteiger partial charge in [0.15, 0.2) is 0 Å². The van der Waals surface area contributed by atoms with Gasteiger partial charge in [0.2, 0.25) is 0 Å². The molecule has 0 N–H and O–H groups in total. The maximum atomic E-state index is 2.49. The second-order valence-electron chi connectivity index (χ2n) is 18.7. The van der Waals surface area contributed by atoms with Crippen LogP contribution >= 0.6 is 11.3 Å². The number of thiophene rings is 1. The first-order valence-electron chi connectivity index (χ1n) is 24.2. The highest BCUT2D eigenvalue weighted by Gasteiger charge is 2.50. The quantitative estimate of drug-likeness (QED) is 0.174. The van der Waals surface area contributed by atoms with Crippen LogP contribution in [0.15, 0.2) is 255 Å². The zero-order valence-corrected chi connectivity index (χ0v) is 38.9. The van der Waals surface area contributed by atoms with Crippen molar-refractivity contribution >= 4 is 65.6 Å². The maximum absolute atomic E-state index is 2.49. The van der Waals surface area contributed by atoms with Gasteiger partial charge in [-0.15, -0.1) is 11.3 Å². The number of rotatable bonds is 4. The molecule has 0 radical (unpaired) electrons. The Kier molecular flexibility index (Phi) is 8.48. The molecule has 12 aromatic rings. The van der Waals surface area contributed by atoms with Crippen LogP contribution in [0, 0.1) is 0 Å². The second kappa shape index (κ2) is 15.1. The normalized spacial score (nSPS) is 14.6. The monoisotopic (exact) mass is 906 g/mol. The minimum absolute atomic E-state index is 0.596. The summed E-state index contributed by atoms with van der Waals surface area (Å²) in [6.45, 7) is 0. The van der Waals surface area contributed by atoms with Crippen molar-refractivity contribution in [2.45, 2.75) is 5.41 Å². The molecular formula is C67H42N2S. The van der Waals surface area contributed by atoms with Crippen molar-refractivity contribution in [3.8, 4) is 55.6 Å². The van der Waals surface area contributed by atoms with Crippen molar-refractivity contribution in [1.82, 2.24) is 0 Å². The van der Waals surface area contributed by atoms with Crippen LogP contribution in [0.5, 0.6) is 0 Å². The van der Waals surface area contributed by atoms with E-state index in [1.54, 1.807) is 0 Å². The van der Waals surface area contributed by atoms with Gasteiger partial charge >= 0.3 is 0 Å². The van der Waals surface area contributed by atoms with E-state index in [9.17, 15) is 0 Å². The summed E-state index contributed by atoms with van der Waals surface area (Å²) in [5.74, 6) is 0. The summed E-state index contributed by atoms with van der Waals surface area (Å²) in [5.41, 5.74) is 23.8. The molecule has 1 aliphatic heterocycles. The molecule has 3 aliphatic rings. The number of anilines is 6. The average Bonchev–Trinajstić information content (AvgIpc) is 3.89. The third kappa shape index (κ3) is 5.44. The van der Waals surface area contributed by atoms with E-state index >= 15 is 0 Å². The molecule has 1 aromatic heterocycles. The predicted molar refractivity (Wildman–Crippen MR) is 295 cm³/mol. The van der Waals surface area contributed by atoms with Crippen LogP contribution in [0.25, 0.3) is 75.8 Å². The van der Waals surface area contributed by atoms with Gasteiger partial charge in [0.05, 0.1) is 16.8 Å². The van der Waals surface area contributed by atoms with Gasteiger partial charge in [-0.25, -0.2) is 0 Å². The molecule has 0 amide bonds. The Hall–Kier alpha value is -8.76. The molecule has 70 heavy (non-hydrogen) atoms. The van der Waals surface area contributed by atoms with Crippen LogP contribution in [0.4, 0.5) is 34.1 Å². The van der Waals surface area contributed by atoms with Crippen molar-refractivity contribution in [2.24, 2.45) is 0 Å². The van der Waals surface area contributed by atoms with E-state index in [1.807, 2.05) is 11.3 Å². The summed E-state index contributed by atoms with van der Waals surface area (Å²) < 4.78 is 2.68. The summed E-state index contributed by atoms with van der Waals surface area (Å²) in [6, 6.07) is 95.1. The topological polar surface area (TPSA) is 6.48 Å².